The fourth-order valence-electron chi connectivity index (χ4n) is 5.27. The molecule has 2 aromatic rings. The number of anilines is 1. The molecule has 1 heterocycles. The summed E-state index contributed by atoms with van der Waals surface area (Å²) in [5, 5.41) is 11.6. The van der Waals surface area contributed by atoms with E-state index in [9.17, 15) is 28.8 Å². The Balaban J connectivity index is 1.89. The molecule has 0 spiro atoms. The Morgan fingerprint density at radius 2 is 1.74 bits per heavy atom. The average molecular weight is 696 g/mol. The lowest BCUT2D eigenvalue weighted by Gasteiger charge is -2.39. The highest BCUT2D eigenvalue weighted by Gasteiger charge is 2.43. The molecule has 270 valence electrons. The van der Waals surface area contributed by atoms with Crippen LogP contribution in [-0.4, -0.2) is 104 Å². The molecule has 0 radical (unpaired) electrons. The van der Waals surface area contributed by atoms with E-state index in [1.165, 1.54) is 33.0 Å². The highest BCUT2D eigenvalue weighted by Crippen LogP contribution is 2.31. The number of carboxylic acid groups (broad SMARTS) is 1. The second kappa shape index (κ2) is 18.0. The van der Waals surface area contributed by atoms with E-state index in [0.717, 1.165) is 11.6 Å². The quantitative estimate of drug-likeness (QED) is 0.141. The Hall–Kier alpha value is -5.24. The zero-order valence-electron chi connectivity index (χ0n) is 29.1. The van der Waals surface area contributed by atoms with E-state index >= 15 is 0 Å². The average Bonchev–Trinajstić information content (AvgIpc) is 3.10. The van der Waals surface area contributed by atoms with Crippen LogP contribution in [0.25, 0.3) is 0 Å². The van der Waals surface area contributed by atoms with Crippen LogP contribution in [0.4, 0.5) is 5.69 Å². The van der Waals surface area contributed by atoms with Gasteiger partial charge in [-0.15, -0.1) is 0 Å². The van der Waals surface area contributed by atoms with Gasteiger partial charge in [-0.25, -0.2) is 9.59 Å². The van der Waals surface area contributed by atoms with Gasteiger partial charge in [0, 0.05) is 37.8 Å². The largest absolute Gasteiger partial charge is 0.493 e. The molecule has 1 fully saturated rings. The maximum absolute atomic E-state index is 14.0. The predicted molar refractivity (Wildman–Crippen MR) is 182 cm³/mol. The van der Waals surface area contributed by atoms with Crippen LogP contribution in [0.1, 0.15) is 50.3 Å². The smallest absolute Gasteiger partial charge is 0.330 e. The second-order valence-corrected chi connectivity index (χ2v) is 12.5. The van der Waals surface area contributed by atoms with Gasteiger partial charge in [0.2, 0.25) is 11.7 Å². The molecule has 1 aliphatic heterocycles. The predicted octanol–water partition coefficient (Wildman–Crippen LogP) is 3.19. The number of benzene rings is 2. The Labute approximate surface area is 291 Å². The lowest BCUT2D eigenvalue weighted by molar-refractivity contribution is -0.166. The minimum absolute atomic E-state index is 0.0809. The van der Waals surface area contributed by atoms with E-state index in [4.69, 9.17) is 24.1 Å². The van der Waals surface area contributed by atoms with Crippen LogP contribution >= 0.6 is 0 Å². The summed E-state index contributed by atoms with van der Waals surface area (Å²) in [7, 11) is 4.84. The van der Waals surface area contributed by atoms with Crippen molar-refractivity contribution in [1.82, 2.24) is 9.80 Å². The summed E-state index contributed by atoms with van der Waals surface area (Å²) in [6, 6.07) is 11.0. The standard InChI is InChI=1S/C36H45N3O11/c1-7-32(43)49-22-36(2,3)33(44)34(45)39-18-17-38(4)21-26(39)35(46)50-27(13-11-23-12-14-28(47-5)29(19-23)48-6)24-9-8-10-25(20-24)37-30(40)15-16-31(41)42/h7-10,12,14,19-20,26-27H,1,11,13,15-18,21-22H2,2-6H3,(H,37,40)(H,41,42)/t26-,27+/m0/s1. The molecule has 2 amide bonds. The van der Waals surface area contributed by atoms with Crippen molar-refractivity contribution in [2.45, 2.75) is 51.7 Å². The third-order valence-electron chi connectivity index (χ3n) is 8.18. The molecule has 2 N–H and O–H groups in total. The number of esters is 2. The Morgan fingerprint density at radius 3 is 2.40 bits per heavy atom. The number of aryl methyl sites for hydroxylation is 1. The van der Waals surface area contributed by atoms with Gasteiger partial charge in [0.15, 0.2) is 11.5 Å². The number of methoxy groups -OCH3 is 2. The lowest BCUT2D eigenvalue weighted by Crippen LogP contribution is -2.60. The number of amides is 2. The number of nitrogens with one attached hydrogen (secondary N) is 1. The van der Waals surface area contributed by atoms with Gasteiger partial charge in [0.05, 0.1) is 26.1 Å². The van der Waals surface area contributed by atoms with E-state index in [0.29, 0.717) is 35.7 Å². The number of Topliss-reactive ketones (excluding diaryl/α,β-unsaturated/α-hetero) is 1. The van der Waals surface area contributed by atoms with Gasteiger partial charge in [-0.3, -0.25) is 19.2 Å². The first-order chi connectivity index (χ1) is 23.7. The molecule has 3 rings (SSSR count). The van der Waals surface area contributed by atoms with Crippen LogP contribution in [0.2, 0.25) is 0 Å². The summed E-state index contributed by atoms with van der Waals surface area (Å²) in [5.41, 5.74) is 0.411. The van der Waals surface area contributed by atoms with Crippen LogP contribution in [0, 0.1) is 5.41 Å². The highest BCUT2D eigenvalue weighted by molar-refractivity contribution is 6.38. The number of carbonyl (C=O) groups excluding carboxylic acids is 5. The zero-order valence-corrected chi connectivity index (χ0v) is 29.1. The van der Waals surface area contributed by atoms with E-state index in [1.54, 1.807) is 37.4 Å². The summed E-state index contributed by atoms with van der Waals surface area (Å²) in [6.45, 7) is 6.52. The first-order valence-corrected chi connectivity index (χ1v) is 16.0. The fourth-order valence-corrected chi connectivity index (χ4v) is 5.27. The Morgan fingerprint density at radius 1 is 1.02 bits per heavy atom. The Bertz CT molecular complexity index is 1590. The molecule has 0 aromatic heterocycles. The Kier molecular flexibility index (Phi) is 14.1. The van der Waals surface area contributed by atoms with Crippen molar-refractivity contribution in [3.63, 3.8) is 0 Å². The molecule has 1 saturated heterocycles. The normalized spacial score (nSPS) is 15.3. The van der Waals surface area contributed by atoms with Crippen molar-refractivity contribution in [3.05, 3.63) is 66.2 Å². The van der Waals surface area contributed by atoms with Crippen molar-refractivity contribution in [3.8, 4) is 11.5 Å². The molecule has 0 aliphatic carbocycles. The molecular weight excluding hydrogens is 650 g/mol. The minimum atomic E-state index is -1.37. The van der Waals surface area contributed by atoms with E-state index in [-0.39, 0.29) is 39.0 Å². The summed E-state index contributed by atoms with van der Waals surface area (Å²) in [5.74, 6) is -3.71. The maximum atomic E-state index is 14.0. The number of piperazine rings is 1. The van der Waals surface area contributed by atoms with Crippen LogP contribution in [-0.2, 0) is 44.7 Å². The van der Waals surface area contributed by atoms with E-state index < -0.39 is 53.1 Å². The molecule has 14 nitrogen and oxygen atoms in total. The van der Waals surface area contributed by atoms with Crippen molar-refractivity contribution in [1.29, 1.82) is 0 Å². The number of likely N-dealkylation sites (N-methyl/N-ethyl adjacent to an activating group) is 1. The van der Waals surface area contributed by atoms with Crippen LogP contribution < -0.4 is 14.8 Å². The number of hydrogen-bond acceptors (Lipinski definition) is 11. The van der Waals surface area contributed by atoms with Crippen LogP contribution in [0.5, 0.6) is 11.5 Å². The summed E-state index contributed by atoms with van der Waals surface area (Å²) >= 11 is 0. The summed E-state index contributed by atoms with van der Waals surface area (Å²) in [4.78, 5) is 78.9. The van der Waals surface area contributed by atoms with Crippen LogP contribution in [0.3, 0.4) is 0 Å². The molecule has 50 heavy (non-hydrogen) atoms. The van der Waals surface area contributed by atoms with Gasteiger partial charge in [-0.2, -0.15) is 0 Å². The molecule has 1 aliphatic rings. The van der Waals surface area contributed by atoms with Gasteiger partial charge >= 0.3 is 17.9 Å². The van der Waals surface area contributed by atoms with E-state index in [2.05, 4.69) is 11.9 Å². The van der Waals surface area contributed by atoms with Crippen molar-refractivity contribution in [2.24, 2.45) is 5.41 Å². The number of nitrogens with zero attached hydrogens (tertiary/aromatic N) is 2. The molecule has 0 saturated carbocycles. The first-order valence-electron chi connectivity index (χ1n) is 16.0. The number of rotatable bonds is 17. The van der Waals surface area contributed by atoms with Gasteiger partial charge in [0.25, 0.3) is 5.91 Å². The number of aliphatic carboxylic acids is 1. The van der Waals surface area contributed by atoms with Crippen LogP contribution in [0.15, 0.2) is 55.1 Å². The highest BCUT2D eigenvalue weighted by atomic mass is 16.5. The van der Waals surface area contributed by atoms with Gasteiger partial charge in [0.1, 0.15) is 18.8 Å². The number of ether oxygens (including phenoxy) is 4. The van der Waals surface area contributed by atoms with Gasteiger partial charge in [-0.05, 0) is 69.1 Å². The molecule has 2 atom stereocenters. The summed E-state index contributed by atoms with van der Waals surface area (Å²) < 4.78 is 21.9. The molecule has 2 aromatic carbocycles. The molecule has 0 unspecified atom stereocenters. The lowest BCUT2D eigenvalue weighted by atomic mass is 9.87. The van der Waals surface area contributed by atoms with E-state index in [1.807, 2.05) is 17.0 Å². The topological polar surface area (TPSA) is 178 Å². The third-order valence-corrected chi connectivity index (χ3v) is 8.18. The second-order valence-electron chi connectivity index (χ2n) is 12.5. The van der Waals surface area contributed by atoms with Crippen molar-refractivity contribution in [2.75, 3.05) is 52.8 Å². The number of carboxylic acids is 1. The molecule has 0 bridgehead atoms. The minimum Gasteiger partial charge on any atom is -0.493 e. The van der Waals surface area contributed by atoms with Gasteiger partial charge in [-0.1, -0.05) is 24.8 Å². The SMILES string of the molecule is C=CC(=O)OCC(C)(C)C(=O)C(=O)N1CCN(C)C[C@H]1C(=O)O[C@H](CCc1ccc(OC)c(OC)c1)c1cccc(NC(=O)CCC(=O)O)c1. The first kappa shape index (κ1) is 39.2. The zero-order chi connectivity index (χ0) is 37.0. The monoisotopic (exact) mass is 695 g/mol. The summed E-state index contributed by atoms with van der Waals surface area (Å²) in [6.07, 6.45) is 0.260. The number of hydrogen-bond donors (Lipinski definition) is 2. The number of carbonyl (C=O) groups is 6. The molecular formula is C36H45N3O11. The van der Waals surface area contributed by atoms with Gasteiger partial charge < -0.3 is 39.2 Å². The van der Waals surface area contributed by atoms with Crippen molar-refractivity contribution < 1.29 is 52.8 Å². The molecule has 14 heteroatoms. The van der Waals surface area contributed by atoms with Crippen molar-refractivity contribution >= 4 is 41.2 Å². The maximum Gasteiger partial charge on any atom is 0.330 e. The fraction of sp³-hybridized carbons (Fsp3) is 0.444. The number of ketones is 1. The third kappa shape index (κ3) is 10.9.